The van der Waals surface area contributed by atoms with Crippen molar-refractivity contribution in [2.75, 3.05) is 6.61 Å². The highest BCUT2D eigenvalue weighted by Gasteiger charge is 2.21. The van der Waals surface area contributed by atoms with Gasteiger partial charge in [0, 0.05) is 5.92 Å². The van der Waals surface area contributed by atoms with Gasteiger partial charge in [0.25, 0.3) is 0 Å². The molecule has 7 heteroatoms. The van der Waals surface area contributed by atoms with Crippen LogP contribution in [0.1, 0.15) is 67.5 Å². The lowest BCUT2D eigenvalue weighted by molar-refractivity contribution is 0.269. The summed E-state index contributed by atoms with van der Waals surface area (Å²) in [6.45, 7) is 5.08. The van der Waals surface area contributed by atoms with Crippen LogP contribution in [0, 0.1) is 11.7 Å². The molecule has 0 saturated heterocycles. The van der Waals surface area contributed by atoms with E-state index in [1.807, 2.05) is 25.1 Å². The van der Waals surface area contributed by atoms with Crippen LogP contribution in [-0.4, -0.2) is 27.7 Å². The van der Waals surface area contributed by atoms with Crippen molar-refractivity contribution in [1.29, 1.82) is 0 Å². The second-order valence-electron chi connectivity index (χ2n) is 8.19. The van der Waals surface area contributed by atoms with E-state index < -0.39 is 0 Å². The summed E-state index contributed by atoms with van der Waals surface area (Å²) < 4.78 is 14.1. The van der Waals surface area contributed by atoms with E-state index in [-0.39, 0.29) is 0 Å². The van der Waals surface area contributed by atoms with Crippen LogP contribution in [0.5, 0.6) is 11.5 Å². The summed E-state index contributed by atoms with van der Waals surface area (Å²) in [5, 5.41) is 12.0. The summed E-state index contributed by atoms with van der Waals surface area (Å²) in [4.78, 5) is 0. The second kappa shape index (κ2) is 10.6. The number of hydrogen-bond donors (Lipinski definition) is 1. The highest BCUT2D eigenvalue weighted by atomic mass is 32.1. The Hall–Kier alpha value is -2.93. The van der Waals surface area contributed by atoms with Gasteiger partial charge in [-0.1, -0.05) is 49.1 Å². The highest BCUT2D eigenvalue weighted by molar-refractivity contribution is 7.71. The third kappa shape index (κ3) is 5.46. The van der Waals surface area contributed by atoms with Crippen LogP contribution in [-0.2, 0) is 6.61 Å². The van der Waals surface area contributed by atoms with E-state index >= 15 is 0 Å². The van der Waals surface area contributed by atoms with E-state index in [2.05, 4.69) is 46.5 Å². The molecule has 3 aromatic rings. The minimum Gasteiger partial charge on any atom is -0.490 e. The van der Waals surface area contributed by atoms with Crippen molar-refractivity contribution in [2.45, 2.75) is 58.5 Å². The Balaban J connectivity index is 1.51. The molecule has 0 amide bonds. The molecule has 1 fully saturated rings. The smallest absolute Gasteiger partial charge is 0.216 e. The van der Waals surface area contributed by atoms with Gasteiger partial charge in [0.05, 0.1) is 12.8 Å². The summed E-state index contributed by atoms with van der Waals surface area (Å²) in [6.07, 6.45) is 7.83. The Morgan fingerprint density at radius 2 is 1.88 bits per heavy atom. The van der Waals surface area contributed by atoms with Crippen LogP contribution in [0.25, 0.3) is 0 Å². The van der Waals surface area contributed by atoms with Crippen molar-refractivity contribution in [3.63, 3.8) is 0 Å². The molecule has 1 N–H and O–H groups in total. The van der Waals surface area contributed by atoms with Crippen LogP contribution in [0.2, 0.25) is 0 Å². The van der Waals surface area contributed by atoms with E-state index in [4.69, 9.17) is 21.7 Å². The van der Waals surface area contributed by atoms with E-state index in [1.165, 1.54) is 24.8 Å². The molecule has 0 atom stereocenters. The number of aromatic amines is 1. The lowest BCUT2D eigenvalue weighted by Crippen LogP contribution is -2.10. The molecule has 1 heterocycles. The third-order valence-corrected chi connectivity index (χ3v) is 6.01. The lowest BCUT2D eigenvalue weighted by Gasteiger charge is -2.19. The second-order valence-corrected chi connectivity index (χ2v) is 8.58. The third-order valence-electron chi connectivity index (χ3n) is 5.75. The number of hydrogen-bond acceptors (Lipinski definition) is 5. The van der Waals surface area contributed by atoms with E-state index in [1.54, 1.807) is 10.9 Å². The Morgan fingerprint density at radius 1 is 1.09 bits per heavy atom. The van der Waals surface area contributed by atoms with Crippen molar-refractivity contribution in [3.05, 3.63) is 69.8 Å². The maximum atomic E-state index is 6.03. The largest absolute Gasteiger partial charge is 0.490 e. The van der Waals surface area contributed by atoms with Crippen molar-refractivity contribution in [3.8, 4) is 11.5 Å². The van der Waals surface area contributed by atoms with Crippen molar-refractivity contribution >= 4 is 18.4 Å². The molecule has 1 aliphatic rings. The molecule has 2 aromatic carbocycles. The van der Waals surface area contributed by atoms with Crippen molar-refractivity contribution < 1.29 is 9.47 Å². The van der Waals surface area contributed by atoms with Crippen LogP contribution in [0.3, 0.4) is 0 Å². The molecule has 0 unspecified atom stereocenters. The summed E-state index contributed by atoms with van der Waals surface area (Å²) in [5.41, 5.74) is 3.26. The Morgan fingerprint density at radius 3 is 2.62 bits per heavy atom. The molecule has 0 aliphatic heterocycles. The van der Waals surface area contributed by atoms with Crippen molar-refractivity contribution in [1.82, 2.24) is 14.9 Å². The SMILES string of the molecule is CCOc1cc(/C=N\n2c(C3CCCCC3)n[nH]c2=S)ccc1OCc1ccc(C)cc1. The van der Waals surface area contributed by atoms with E-state index in [0.717, 1.165) is 29.8 Å². The predicted octanol–water partition coefficient (Wildman–Crippen LogP) is 6.16. The Labute approximate surface area is 194 Å². The molecular weight excluding hydrogens is 420 g/mol. The number of aromatic nitrogens is 3. The van der Waals surface area contributed by atoms with E-state index in [9.17, 15) is 0 Å². The molecular formula is C25H30N4O2S. The first-order valence-electron chi connectivity index (χ1n) is 11.3. The summed E-state index contributed by atoms with van der Waals surface area (Å²) in [6, 6.07) is 14.2. The number of benzene rings is 2. The average molecular weight is 451 g/mol. The van der Waals surface area contributed by atoms with Gasteiger partial charge in [-0.05, 0) is 68.2 Å². The van der Waals surface area contributed by atoms with Crippen LogP contribution in [0.15, 0.2) is 47.6 Å². The summed E-state index contributed by atoms with van der Waals surface area (Å²) in [5.74, 6) is 2.75. The van der Waals surface area contributed by atoms with Gasteiger partial charge in [0.15, 0.2) is 17.3 Å². The van der Waals surface area contributed by atoms with Gasteiger partial charge in [0.2, 0.25) is 4.77 Å². The zero-order valence-corrected chi connectivity index (χ0v) is 19.5. The molecule has 0 spiro atoms. The molecule has 1 saturated carbocycles. The minimum atomic E-state index is 0.408. The molecule has 32 heavy (non-hydrogen) atoms. The number of aryl methyl sites for hydroxylation is 1. The molecule has 6 nitrogen and oxygen atoms in total. The molecule has 0 bridgehead atoms. The number of H-pyrrole nitrogens is 1. The quantitative estimate of drug-likeness (QED) is 0.330. The molecule has 0 radical (unpaired) electrons. The normalized spacial score (nSPS) is 14.7. The van der Waals surface area contributed by atoms with Gasteiger partial charge in [0.1, 0.15) is 6.61 Å². The van der Waals surface area contributed by atoms with Gasteiger partial charge in [-0.25, -0.2) is 0 Å². The fourth-order valence-corrected chi connectivity index (χ4v) is 4.19. The zero-order chi connectivity index (χ0) is 22.3. The number of nitrogens with one attached hydrogen (secondary N) is 1. The number of nitrogens with zero attached hydrogens (tertiary/aromatic N) is 3. The van der Waals surface area contributed by atoms with Crippen LogP contribution < -0.4 is 9.47 Å². The molecule has 4 rings (SSSR count). The van der Waals surface area contributed by atoms with Gasteiger partial charge in [-0.2, -0.15) is 14.9 Å². The first kappa shape index (κ1) is 22.3. The lowest BCUT2D eigenvalue weighted by atomic mass is 9.89. The monoisotopic (exact) mass is 450 g/mol. The first-order chi connectivity index (χ1) is 15.6. The van der Waals surface area contributed by atoms with Crippen LogP contribution >= 0.6 is 12.2 Å². The highest BCUT2D eigenvalue weighted by Crippen LogP contribution is 2.32. The van der Waals surface area contributed by atoms with Crippen LogP contribution in [0.4, 0.5) is 0 Å². The van der Waals surface area contributed by atoms with Crippen molar-refractivity contribution in [2.24, 2.45) is 5.10 Å². The summed E-state index contributed by atoms with van der Waals surface area (Å²) in [7, 11) is 0. The van der Waals surface area contributed by atoms with Gasteiger partial charge in [-0.15, -0.1) is 0 Å². The average Bonchev–Trinajstić information content (AvgIpc) is 3.19. The fraction of sp³-hybridized carbons (Fsp3) is 0.400. The van der Waals surface area contributed by atoms with Gasteiger partial charge < -0.3 is 9.47 Å². The summed E-state index contributed by atoms with van der Waals surface area (Å²) >= 11 is 5.42. The Bertz CT molecular complexity index is 1110. The first-order valence-corrected chi connectivity index (χ1v) is 11.7. The van der Waals surface area contributed by atoms with Gasteiger partial charge >= 0.3 is 0 Å². The predicted molar refractivity (Wildman–Crippen MR) is 129 cm³/mol. The minimum absolute atomic E-state index is 0.408. The number of ether oxygens (including phenoxy) is 2. The molecule has 1 aliphatic carbocycles. The maximum absolute atomic E-state index is 6.03. The molecule has 1 aromatic heterocycles. The number of rotatable bonds is 8. The van der Waals surface area contributed by atoms with Gasteiger partial charge in [-0.3, -0.25) is 5.10 Å². The topological polar surface area (TPSA) is 64.4 Å². The fourth-order valence-electron chi connectivity index (χ4n) is 4.00. The zero-order valence-electron chi connectivity index (χ0n) is 18.7. The van der Waals surface area contributed by atoms with E-state index in [0.29, 0.717) is 35.4 Å². The molecule has 168 valence electrons. The maximum Gasteiger partial charge on any atom is 0.216 e. The Kier molecular flexibility index (Phi) is 7.37. The standard InChI is InChI=1S/C25H30N4O2S/c1-3-30-23-15-20(13-14-22(23)31-17-19-11-9-18(2)10-12-19)16-26-29-24(27-28-25(29)32)21-7-5-4-6-8-21/h9-16,21H,3-8,17H2,1-2H3,(H,28,32)/b26-16-.